The number of carbonyl (C=O) groups is 1. The van der Waals surface area contributed by atoms with Crippen LogP contribution in [0.3, 0.4) is 0 Å². The summed E-state index contributed by atoms with van der Waals surface area (Å²) in [5.74, 6) is 0.0850. The minimum atomic E-state index is -0.183. The van der Waals surface area contributed by atoms with Crippen LogP contribution in [0.25, 0.3) is 0 Å². The van der Waals surface area contributed by atoms with Crippen LogP contribution in [0.15, 0.2) is 17.2 Å². The Hall–Kier alpha value is -0.810. The molecule has 1 rings (SSSR count). The van der Waals surface area contributed by atoms with Crippen molar-refractivity contribution in [1.29, 1.82) is 0 Å². The average molecular weight is 274 g/mol. The molecule has 0 N–H and O–H groups in total. The van der Waals surface area contributed by atoms with E-state index < -0.39 is 0 Å². The van der Waals surface area contributed by atoms with E-state index in [0.717, 1.165) is 0 Å². The Bertz CT molecular complexity index is 383. The lowest BCUT2D eigenvalue weighted by molar-refractivity contribution is -0.130. The van der Waals surface area contributed by atoms with Crippen LogP contribution < -0.4 is 0 Å². The summed E-state index contributed by atoms with van der Waals surface area (Å²) in [5, 5.41) is 8.53. The number of hydrogen-bond acceptors (Lipinski definition) is 4. The van der Waals surface area contributed by atoms with E-state index >= 15 is 0 Å². The van der Waals surface area contributed by atoms with E-state index in [4.69, 9.17) is 11.6 Å². The summed E-state index contributed by atoms with van der Waals surface area (Å²) < 4.78 is 0. The highest BCUT2D eigenvalue weighted by atomic mass is 35.5. The molecule has 1 aromatic rings. The standard InChI is InChI=1S/C11H16ClN3OS/c1-7(2)15(4)11(16)8(3)17-10-6-5-9(12)13-14-10/h5-8H,1-4H3. The van der Waals surface area contributed by atoms with Crippen molar-refractivity contribution in [3.63, 3.8) is 0 Å². The number of halogens is 1. The van der Waals surface area contributed by atoms with E-state index in [1.165, 1.54) is 11.8 Å². The molecule has 0 fully saturated rings. The lowest BCUT2D eigenvalue weighted by Crippen LogP contribution is -2.38. The smallest absolute Gasteiger partial charge is 0.235 e. The van der Waals surface area contributed by atoms with Crippen LogP contribution >= 0.6 is 23.4 Å². The van der Waals surface area contributed by atoms with Gasteiger partial charge in [0.05, 0.1) is 5.25 Å². The maximum Gasteiger partial charge on any atom is 0.235 e. The Labute approximate surface area is 111 Å². The summed E-state index contributed by atoms with van der Waals surface area (Å²) in [6, 6.07) is 3.63. The number of carbonyl (C=O) groups excluding carboxylic acids is 1. The van der Waals surface area contributed by atoms with E-state index in [0.29, 0.717) is 10.2 Å². The van der Waals surface area contributed by atoms with Crippen molar-refractivity contribution in [3.8, 4) is 0 Å². The molecule has 1 unspecified atom stereocenters. The molecule has 1 atom stereocenters. The molecule has 0 spiro atoms. The van der Waals surface area contributed by atoms with Crippen LogP contribution in [-0.4, -0.2) is 39.3 Å². The number of rotatable bonds is 4. The van der Waals surface area contributed by atoms with Gasteiger partial charge in [0.2, 0.25) is 5.91 Å². The topological polar surface area (TPSA) is 46.1 Å². The first-order chi connectivity index (χ1) is 7.91. The fraction of sp³-hybridized carbons (Fsp3) is 0.545. The third kappa shape index (κ3) is 4.16. The first-order valence-corrected chi connectivity index (χ1v) is 6.60. The maximum absolute atomic E-state index is 12.0. The van der Waals surface area contributed by atoms with Gasteiger partial charge in [-0.3, -0.25) is 4.79 Å². The fourth-order valence-corrected chi connectivity index (χ4v) is 2.10. The van der Waals surface area contributed by atoms with Crippen LogP contribution in [0.5, 0.6) is 0 Å². The van der Waals surface area contributed by atoms with E-state index in [2.05, 4.69) is 10.2 Å². The van der Waals surface area contributed by atoms with Crippen molar-refractivity contribution in [2.75, 3.05) is 7.05 Å². The first-order valence-electron chi connectivity index (χ1n) is 5.34. The number of hydrogen-bond donors (Lipinski definition) is 0. The van der Waals surface area contributed by atoms with Crippen LogP contribution in [0.4, 0.5) is 0 Å². The summed E-state index contributed by atoms with van der Waals surface area (Å²) in [4.78, 5) is 13.7. The van der Waals surface area contributed by atoms with Gasteiger partial charge in [0.1, 0.15) is 5.03 Å². The van der Waals surface area contributed by atoms with E-state index in [-0.39, 0.29) is 17.2 Å². The highest BCUT2D eigenvalue weighted by Gasteiger charge is 2.20. The van der Waals surface area contributed by atoms with Crippen molar-refractivity contribution in [2.24, 2.45) is 0 Å². The Morgan fingerprint density at radius 3 is 2.47 bits per heavy atom. The molecule has 17 heavy (non-hydrogen) atoms. The van der Waals surface area contributed by atoms with Gasteiger partial charge >= 0.3 is 0 Å². The zero-order valence-corrected chi connectivity index (χ0v) is 11.9. The van der Waals surface area contributed by atoms with Crippen LogP contribution in [-0.2, 0) is 4.79 Å². The summed E-state index contributed by atoms with van der Waals surface area (Å²) in [5.41, 5.74) is 0. The van der Waals surface area contributed by atoms with Crippen LogP contribution in [0.2, 0.25) is 5.15 Å². The van der Waals surface area contributed by atoms with Gasteiger partial charge in [-0.05, 0) is 32.9 Å². The summed E-state index contributed by atoms with van der Waals surface area (Å²) in [6.45, 7) is 5.83. The van der Waals surface area contributed by atoms with Gasteiger partial charge in [-0.1, -0.05) is 23.4 Å². The highest BCUT2D eigenvalue weighted by molar-refractivity contribution is 8.00. The minimum Gasteiger partial charge on any atom is -0.342 e. The second-order valence-electron chi connectivity index (χ2n) is 4.00. The van der Waals surface area contributed by atoms with E-state index in [9.17, 15) is 4.79 Å². The summed E-state index contributed by atoms with van der Waals surface area (Å²) in [6.07, 6.45) is 0. The molecule has 0 aliphatic heterocycles. The average Bonchev–Trinajstić information content (AvgIpc) is 2.30. The molecule has 0 saturated heterocycles. The first kappa shape index (κ1) is 14.3. The number of amides is 1. The lowest BCUT2D eigenvalue weighted by Gasteiger charge is -2.24. The molecule has 6 heteroatoms. The van der Waals surface area contributed by atoms with Gasteiger partial charge in [-0.2, -0.15) is 0 Å². The van der Waals surface area contributed by atoms with Crippen molar-refractivity contribution in [1.82, 2.24) is 15.1 Å². The molecule has 0 aliphatic rings. The summed E-state index contributed by atoms with van der Waals surface area (Å²) in [7, 11) is 1.80. The Kier molecular flexibility index (Phi) is 5.21. The number of nitrogens with zero attached hydrogens (tertiary/aromatic N) is 3. The zero-order valence-electron chi connectivity index (χ0n) is 10.3. The van der Waals surface area contributed by atoms with Crippen LogP contribution in [0.1, 0.15) is 20.8 Å². The third-order valence-corrected chi connectivity index (χ3v) is 3.59. The van der Waals surface area contributed by atoms with Crippen LogP contribution in [0, 0.1) is 0 Å². The molecule has 0 saturated carbocycles. The molecule has 1 aromatic heterocycles. The van der Waals surface area contributed by atoms with Gasteiger partial charge < -0.3 is 4.90 Å². The molecular weight excluding hydrogens is 258 g/mol. The SMILES string of the molecule is CC(Sc1ccc(Cl)nn1)C(=O)N(C)C(C)C. The Morgan fingerprint density at radius 1 is 1.35 bits per heavy atom. The predicted octanol–water partition coefficient (Wildman–Crippen LogP) is 2.48. The molecule has 1 heterocycles. The molecule has 0 bridgehead atoms. The second-order valence-corrected chi connectivity index (χ2v) is 5.75. The predicted molar refractivity (Wildman–Crippen MR) is 70.3 cm³/mol. The highest BCUT2D eigenvalue weighted by Crippen LogP contribution is 2.22. The third-order valence-electron chi connectivity index (χ3n) is 2.38. The van der Waals surface area contributed by atoms with E-state index in [1.54, 1.807) is 24.1 Å². The molecule has 94 valence electrons. The molecular formula is C11H16ClN3OS. The molecule has 0 radical (unpaired) electrons. The number of aromatic nitrogens is 2. The Balaban J connectivity index is 2.63. The largest absolute Gasteiger partial charge is 0.342 e. The van der Waals surface area contributed by atoms with Crippen molar-refractivity contribution >= 4 is 29.3 Å². The fourth-order valence-electron chi connectivity index (χ4n) is 1.14. The molecule has 4 nitrogen and oxygen atoms in total. The maximum atomic E-state index is 12.0. The zero-order chi connectivity index (χ0) is 13.0. The summed E-state index contributed by atoms with van der Waals surface area (Å²) >= 11 is 7.03. The van der Waals surface area contributed by atoms with Crippen molar-refractivity contribution in [3.05, 3.63) is 17.3 Å². The number of thioether (sulfide) groups is 1. The lowest BCUT2D eigenvalue weighted by atomic mass is 10.3. The normalized spacial score (nSPS) is 12.6. The van der Waals surface area contributed by atoms with Gasteiger partial charge in [-0.15, -0.1) is 10.2 Å². The minimum absolute atomic E-state index is 0.0850. The molecule has 1 amide bonds. The Morgan fingerprint density at radius 2 is 2.00 bits per heavy atom. The molecule has 0 aromatic carbocycles. The second kappa shape index (κ2) is 6.21. The van der Waals surface area contributed by atoms with E-state index in [1.807, 2.05) is 20.8 Å². The van der Waals surface area contributed by atoms with Crippen molar-refractivity contribution < 1.29 is 4.79 Å². The van der Waals surface area contributed by atoms with Gasteiger partial charge in [0.15, 0.2) is 5.15 Å². The monoisotopic (exact) mass is 273 g/mol. The molecule has 0 aliphatic carbocycles. The van der Waals surface area contributed by atoms with Gasteiger partial charge in [0.25, 0.3) is 0 Å². The van der Waals surface area contributed by atoms with Crippen molar-refractivity contribution in [2.45, 2.75) is 37.1 Å². The quantitative estimate of drug-likeness (QED) is 0.791. The van der Waals surface area contributed by atoms with Gasteiger partial charge in [0, 0.05) is 13.1 Å². The van der Waals surface area contributed by atoms with Gasteiger partial charge in [-0.25, -0.2) is 0 Å².